The lowest BCUT2D eigenvalue weighted by molar-refractivity contribution is 0.594. The number of rotatable bonds is 7. The third kappa shape index (κ3) is 5.51. The molecule has 7 nitrogen and oxygen atoms in total. The summed E-state index contributed by atoms with van der Waals surface area (Å²) in [6, 6.07) is 0. The maximum absolute atomic E-state index is 4.71. The van der Waals surface area contributed by atoms with Crippen LogP contribution in [0.5, 0.6) is 0 Å². The Morgan fingerprint density at radius 3 is 2.85 bits per heavy atom. The van der Waals surface area contributed by atoms with E-state index in [0.29, 0.717) is 6.54 Å². The van der Waals surface area contributed by atoms with Gasteiger partial charge < -0.3 is 15.2 Å². The van der Waals surface area contributed by atoms with Crippen molar-refractivity contribution in [3.8, 4) is 0 Å². The molecule has 0 saturated heterocycles. The molecule has 2 N–H and O–H groups in total. The average Bonchev–Trinajstić information content (AvgIpc) is 3.08. The van der Waals surface area contributed by atoms with Gasteiger partial charge in [-0.15, -0.1) is 21.5 Å². The molecule has 3 heterocycles. The second kappa shape index (κ2) is 9.82. The highest BCUT2D eigenvalue weighted by Crippen LogP contribution is 2.18. The Morgan fingerprint density at radius 2 is 2.07 bits per heavy atom. The lowest BCUT2D eigenvalue weighted by Gasteiger charge is -2.11. The van der Waals surface area contributed by atoms with Crippen molar-refractivity contribution in [2.75, 3.05) is 13.1 Å². The number of guanidine groups is 1. The molecule has 0 radical (unpaired) electrons. The number of nitrogens with one attached hydrogen (secondary N) is 2. The molecule has 0 fully saturated rings. The Kier molecular flexibility index (Phi) is 7.20. The Balaban J connectivity index is 1.49. The van der Waals surface area contributed by atoms with Crippen LogP contribution in [0.1, 0.15) is 59.8 Å². The summed E-state index contributed by atoms with van der Waals surface area (Å²) in [5.74, 6) is 3.16. The molecule has 2 aromatic rings. The number of aliphatic imine (C=N–C) groups is 1. The maximum atomic E-state index is 4.71. The van der Waals surface area contributed by atoms with E-state index in [9.17, 15) is 0 Å². The van der Waals surface area contributed by atoms with Crippen LogP contribution in [0.3, 0.4) is 0 Å². The molecule has 0 unspecified atom stereocenters. The molecular weight excluding hydrogens is 358 g/mol. The van der Waals surface area contributed by atoms with Crippen LogP contribution in [0.4, 0.5) is 0 Å². The van der Waals surface area contributed by atoms with E-state index in [1.807, 2.05) is 6.92 Å². The topological polar surface area (TPSA) is 80.0 Å². The summed E-state index contributed by atoms with van der Waals surface area (Å²) in [6.45, 7) is 9.65. The molecule has 0 bridgehead atoms. The van der Waals surface area contributed by atoms with Crippen molar-refractivity contribution in [1.82, 2.24) is 30.4 Å². The summed E-state index contributed by atoms with van der Waals surface area (Å²) in [5, 5.41) is 16.7. The van der Waals surface area contributed by atoms with E-state index in [4.69, 9.17) is 4.99 Å². The molecule has 1 aliphatic rings. The molecule has 0 atom stereocenters. The van der Waals surface area contributed by atoms with Gasteiger partial charge in [0.15, 0.2) is 5.96 Å². The average molecular weight is 390 g/mol. The lowest BCUT2D eigenvalue weighted by Crippen LogP contribution is -2.37. The zero-order valence-corrected chi connectivity index (χ0v) is 17.5. The molecule has 8 heteroatoms. The molecule has 27 heavy (non-hydrogen) atoms. The summed E-state index contributed by atoms with van der Waals surface area (Å²) in [6.07, 6.45) is 6.81. The van der Waals surface area contributed by atoms with Crippen molar-refractivity contribution < 1.29 is 0 Å². The van der Waals surface area contributed by atoms with E-state index in [0.717, 1.165) is 61.4 Å². The molecule has 0 spiro atoms. The van der Waals surface area contributed by atoms with Gasteiger partial charge in [-0.3, -0.25) is 0 Å². The zero-order valence-electron chi connectivity index (χ0n) is 16.7. The third-order valence-corrected chi connectivity index (χ3v) is 5.84. The van der Waals surface area contributed by atoms with Crippen LogP contribution < -0.4 is 10.6 Å². The van der Waals surface area contributed by atoms with Gasteiger partial charge in [-0.1, -0.05) is 6.42 Å². The van der Waals surface area contributed by atoms with Gasteiger partial charge in [-0.25, -0.2) is 9.98 Å². The minimum atomic E-state index is 0.671. The van der Waals surface area contributed by atoms with Crippen LogP contribution in [0.2, 0.25) is 0 Å². The van der Waals surface area contributed by atoms with Crippen LogP contribution in [0.25, 0.3) is 0 Å². The second-order valence-corrected chi connectivity index (χ2v) is 8.25. The number of aromatic nitrogens is 4. The van der Waals surface area contributed by atoms with E-state index < -0.39 is 0 Å². The summed E-state index contributed by atoms with van der Waals surface area (Å²) >= 11 is 1.72. The summed E-state index contributed by atoms with van der Waals surface area (Å²) < 4.78 is 2.33. The van der Waals surface area contributed by atoms with Gasteiger partial charge in [-0.05, 0) is 40.0 Å². The minimum absolute atomic E-state index is 0.671. The van der Waals surface area contributed by atoms with Crippen molar-refractivity contribution in [2.24, 2.45) is 4.99 Å². The van der Waals surface area contributed by atoms with Gasteiger partial charge in [-0.2, -0.15) is 0 Å². The Hall–Kier alpha value is -1.96. The van der Waals surface area contributed by atoms with Crippen molar-refractivity contribution in [1.29, 1.82) is 0 Å². The molecule has 0 saturated carbocycles. The fraction of sp³-hybridized carbons (Fsp3) is 0.684. The van der Waals surface area contributed by atoms with Crippen LogP contribution in [-0.4, -0.2) is 38.8 Å². The smallest absolute Gasteiger partial charge is 0.191 e. The minimum Gasteiger partial charge on any atom is -0.357 e. The fourth-order valence-electron chi connectivity index (χ4n) is 3.40. The van der Waals surface area contributed by atoms with Crippen molar-refractivity contribution >= 4 is 17.3 Å². The molecule has 0 aromatic carbocycles. The Bertz CT molecular complexity index is 762. The van der Waals surface area contributed by atoms with E-state index in [2.05, 4.69) is 44.2 Å². The number of hydrogen-bond donors (Lipinski definition) is 2. The number of hydrogen-bond acceptors (Lipinski definition) is 5. The fourth-order valence-corrected chi connectivity index (χ4v) is 4.26. The largest absolute Gasteiger partial charge is 0.357 e. The highest BCUT2D eigenvalue weighted by Gasteiger charge is 2.14. The first-order valence-electron chi connectivity index (χ1n) is 10.0. The van der Waals surface area contributed by atoms with E-state index in [1.165, 1.54) is 30.0 Å². The number of nitrogens with zero attached hydrogens (tertiary/aromatic N) is 5. The van der Waals surface area contributed by atoms with Crippen LogP contribution in [-0.2, 0) is 25.9 Å². The van der Waals surface area contributed by atoms with E-state index in [-0.39, 0.29) is 0 Å². The standard InChI is InChI=1S/C19H31N7S/c1-4-20-19(22-13-16-14(2)23-15(3)27-16)21-11-8-10-18-25-24-17-9-6-5-7-12-26(17)18/h4-13H2,1-3H3,(H2,20,21,22). The second-order valence-electron chi connectivity index (χ2n) is 6.96. The number of thiazole rings is 1. The molecular formula is C19H31N7S. The normalized spacial score (nSPS) is 14.7. The quantitative estimate of drug-likeness (QED) is 0.432. The molecule has 0 amide bonds. The van der Waals surface area contributed by atoms with Gasteiger partial charge in [0.05, 0.1) is 17.2 Å². The van der Waals surface area contributed by atoms with Gasteiger partial charge in [0, 0.05) is 37.4 Å². The van der Waals surface area contributed by atoms with E-state index >= 15 is 0 Å². The zero-order chi connectivity index (χ0) is 19.1. The van der Waals surface area contributed by atoms with Gasteiger partial charge >= 0.3 is 0 Å². The van der Waals surface area contributed by atoms with E-state index in [1.54, 1.807) is 11.3 Å². The van der Waals surface area contributed by atoms with Crippen LogP contribution >= 0.6 is 11.3 Å². The van der Waals surface area contributed by atoms with Gasteiger partial charge in [0.2, 0.25) is 0 Å². The molecule has 3 rings (SSSR count). The number of fused-ring (bicyclic) bond motifs is 1. The SMILES string of the molecule is CCNC(=NCc1sc(C)nc1C)NCCCc1nnc2n1CCCCC2. The van der Waals surface area contributed by atoms with Crippen molar-refractivity contribution in [3.63, 3.8) is 0 Å². The summed E-state index contributed by atoms with van der Waals surface area (Å²) in [7, 11) is 0. The van der Waals surface area contributed by atoms with Gasteiger partial charge in [0.25, 0.3) is 0 Å². The van der Waals surface area contributed by atoms with Crippen molar-refractivity contribution in [2.45, 2.75) is 72.4 Å². The molecule has 148 valence electrons. The highest BCUT2D eigenvalue weighted by molar-refractivity contribution is 7.11. The van der Waals surface area contributed by atoms with Crippen LogP contribution in [0.15, 0.2) is 4.99 Å². The van der Waals surface area contributed by atoms with Gasteiger partial charge in [0.1, 0.15) is 11.6 Å². The maximum Gasteiger partial charge on any atom is 0.191 e. The predicted molar refractivity (Wildman–Crippen MR) is 110 cm³/mol. The monoisotopic (exact) mass is 389 g/mol. The molecule has 0 aliphatic carbocycles. The first-order valence-corrected chi connectivity index (χ1v) is 10.8. The lowest BCUT2D eigenvalue weighted by atomic mass is 10.2. The highest BCUT2D eigenvalue weighted by atomic mass is 32.1. The number of aryl methyl sites for hydroxylation is 4. The molecule has 2 aromatic heterocycles. The first-order chi connectivity index (χ1) is 13.2. The third-order valence-electron chi connectivity index (χ3n) is 4.78. The predicted octanol–water partition coefficient (Wildman–Crippen LogP) is 2.77. The van der Waals surface area contributed by atoms with Crippen molar-refractivity contribution in [3.05, 3.63) is 27.2 Å². The summed E-state index contributed by atoms with van der Waals surface area (Å²) in [5.41, 5.74) is 1.09. The Morgan fingerprint density at radius 1 is 1.19 bits per heavy atom. The first kappa shape index (κ1) is 19.8. The summed E-state index contributed by atoms with van der Waals surface area (Å²) in [4.78, 5) is 10.4. The Labute approximate surface area is 165 Å². The van der Waals surface area contributed by atoms with Crippen LogP contribution in [0, 0.1) is 13.8 Å². The molecule has 1 aliphatic heterocycles.